The van der Waals surface area contributed by atoms with Crippen LogP contribution in [0.15, 0.2) is 41.3 Å². The van der Waals surface area contributed by atoms with E-state index in [4.69, 9.17) is 11.6 Å². The van der Waals surface area contributed by atoms with E-state index in [2.05, 4.69) is 9.62 Å². The SMILES string of the molecule is Cc1c(Cl)cccc1S(=O)(=O)Nc1ccc(N2CCCCCCC2)c(C(=O)O)c1. The Morgan fingerprint density at radius 1 is 1.07 bits per heavy atom. The van der Waals surface area contributed by atoms with Crippen molar-refractivity contribution in [1.82, 2.24) is 0 Å². The summed E-state index contributed by atoms with van der Waals surface area (Å²) >= 11 is 6.05. The second-order valence-electron chi connectivity index (χ2n) is 7.26. The van der Waals surface area contributed by atoms with Crippen LogP contribution < -0.4 is 9.62 Å². The van der Waals surface area contributed by atoms with Crippen LogP contribution in [0.3, 0.4) is 0 Å². The van der Waals surface area contributed by atoms with Crippen molar-refractivity contribution in [2.75, 3.05) is 22.7 Å². The summed E-state index contributed by atoms with van der Waals surface area (Å²) in [6.45, 7) is 3.23. The third kappa shape index (κ3) is 5.03. The van der Waals surface area contributed by atoms with Gasteiger partial charge in [0.2, 0.25) is 0 Å². The molecule has 29 heavy (non-hydrogen) atoms. The van der Waals surface area contributed by atoms with Gasteiger partial charge < -0.3 is 10.0 Å². The number of hydrogen-bond acceptors (Lipinski definition) is 4. The monoisotopic (exact) mass is 436 g/mol. The fraction of sp³-hybridized carbons (Fsp3) is 0.381. The fourth-order valence-corrected chi connectivity index (χ4v) is 5.17. The minimum Gasteiger partial charge on any atom is -0.478 e. The summed E-state index contributed by atoms with van der Waals surface area (Å²) in [6.07, 6.45) is 5.51. The zero-order chi connectivity index (χ0) is 21.0. The molecule has 2 aromatic rings. The average molecular weight is 437 g/mol. The highest BCUT2D eigenvalue weighted by molar-refractivity contribution is 7.92. The standard InChI is InChI=1S/C21H25ClN2O4S/c1-15-18(22)8-7-9-20(15)29(27,28)23-16-10-11-19(17(14-16)21(25)26)24-12-5-3-2-4-6-13-24/h7-11,14,23H,2-6,12-13H2,1H3,(H,25,26). The lowest BCUT2D eigenvalue weighted by molar-refractivity contribution is 0.0697. The van der Waals surface area contributed by atoms with Crippen molar-refractivity contribution < 1.29 is 18.3 Å². The predicted molar refractivity (Wildman–Crippen MR) is 116 cm³/mol. The van der Waals surface area contributed by atoms with Gasteiger partial charge in [-0.05, 0) is 55.7 Å². The van der Waals surface area contributed by atoms with E-state index in [1.807, 2.05) is 0 Å². The number of carboxylic acids is 1. The van der Waals surface area contributed by atoms with Crippen molar-refractivity contribution in [3.05, 3.63) is 52.5 Å². The number of carbonyl (C=O) groups is 1. The first-order chi connectivity index (χ1) is 13.8. The smallest absolute Gasteiger partial charge is 0.337 e. The molecule has 0 unspecified atom stereocenters. The van der Waals surface area contributed by atoms with E-state index in [-0.39, 0.29) is 16.1 Å². The molecule has 0 radical (unpaired) electrons. The Morgan fingerprint density at radius 3 is 2.38 bits per heavy atom. The molecule has 0 aromatic heterocycles. The molecule has 0 spiro atoms. The Labute approximate surface area is 176 Å². The summed E-state index contributed by atoms with van der Waals surface area (Å²) in [5.41, 5.74) is 1.37. The summed E-state index contributed by atoms with van der Waals surface area (Å²) in [5, 5.41) is 10.1. The van der Waals surface area contributed by atoms with Crippen LogP contribution in [-0.2, 0) is 10.0 Å². The van der Waals surface area contributed by atoms with Crippen LogP contribution in [0.5, 0.6) is 0 Å². The Hall–Kier alpha value is -2.25. The lowest BCUT2D eigenvalue weighted by Gasteiger charge is -2.28. The number of carboxylic acid groups (broad SMARTS) is 1. The summed E-state index contributed by atoms with van der Waals surface area (Å²) in [4.78, 5) is 14.0. The lowest BCUT2D eigenvalue weighted by atomic mass is 10.1. The van der Waals surface area contributed by atoms with Crippen molar-refractivity contribution in [1.29, 1.82) is 0 Å². The molecule has 1 heterocycles. The third-order valence-electron chi connectivity index (χ3n) is 5.18. The first-order valence-electron chi connectivity index (χ1n) is 9.70. The number of aromatic carboxylic acids is 1. The van der Waals surface area contributed by atoms with Crippen molar-refractivity contribution in [2.45, 2.75) is 43.9 Å². The molecule has 0 saturated carbocycles. The molecule has 0 bridgehead atoms. The highest BCUT2D eigenvalue weighted by Gasteiger charge is 2.21. The molecule has 8 heteroatoms. The number of nitrogens with zero attached hydrogens (tertiary/aromatic N) is 1. The van der Waals surface area contributed by atoms with Gasteiger partial charge in [-0.3, -0.25) is 4.72 Å². The molecule has 2 N–H and O–H groups in total. The van der Waals surface area contributed by atoms with Gasteiger partial charge in [-0.15, -0.1) is 0 Å². The molecule has 1 fully saturated rings. The van der Waals surface area contributed by atoms with Crippen LogP contribution in [0.25, 0.3) is 0 Å². The lowest BCUT2D eigenvalue weighted by Crippen LogP contribution is -2.28. The summed E-state index contributed by atoms with van der Waals surface area (Å²) in [7, 11) is -3.90. The number of benzene rings is 2. The van der Waals surface area contributed by atoms with Crippen LogP contribution in [0.4, 0.5) is 11.4 Å². The van der Waals surface area contributed by atoms with Gasteiger partial charge in [0.15, 0.2) is 0 Å². The minimum atomic E-state index is -3.90. The predicted octanol–water partition coefficient (Wildman–Crippen LogP) is 4.92. The third-order valence-corrected chi connectivity index (χ3v) is 7.12. The number of anilines is 2. The second-order valence-corrected chi connectivity index (χ2v) is 9.32. The molecule has 0 aliphatic carbocycles. The van der Waals surface area contributed by atoms with Crippen molar-refractivity contribution in [3.63, 3.8) is 0 Å². The number of sulfonamides is 1. The van der Waals surface area contributed by atoms with Crippen molar-refractivity contribution >= 4 is 39.0 Å². The molecule has 156 valence electrons. The number of hydrogen-bond donors (Lipinski definition) is 2. The van der Waals surface area contributed by atoms with E-state index in [0.29, 0.717) is 16.3 Å². The molecular weight excluding hydrogens is 412 g/mol. The summed E-state index contributed by atoms with van der Waals surface area (Å²) in [5.74, 6) is -1.08. The Kier molecular flexibility index (Phi) is 6.70. The number of halogens is 1. The van der Waals surface area contributed by atoms with Crippen molar-refractivity contribution in [2.24, 2.45) is 0 Å². The normalized spacial score (nSPS) is 15.4. The Morgan fingerprint density at radius 2 is 1.72 bits per heavy atom. The molecule has 1 saturated heterocycles. The molecular formula is C21H25ClN2O4S. The quantitative estimate of drug-likeness (QED) is 0.694. The van der Waals surface area contributed by atoms with E-state index in [1.54, 1.807) is 31.2 Å². The van der Waals surface area contributed by atoms with Gasteiger partial charge in [0.25, 0.3) is 10.0 Å². The molecule has 0 amide bonds. The van der Waals surface area contributed by atoms with Crippen LogP contribution in [0, 0.1) is 6.92 Å². The maximum absolute atomic E-state index is 12.8. The number of nitrogens with one attached hydrogen (secondary N) is 1. The van der Waals surface area contributed by atoms with Crippen molar-refractivity contribution in [3.8, 4) is 0 Å². The van der Waals surface area contributed by atoms with Crippen LogP contribution >= 0.6 is 11.6 Å². The summed E-state index contributed by atoms with van der Waals surface area (Å²) < 4.78 is 28.1. The van der Waals surface area contributed by atoms with Gasteiger partial charge in [0.1, 0.15) is 0 Å². The van der Waals surface area contributed by atoms with E-state index in [1.165, 1.54) is 18.6 Å². The topological polar surface area (TPSA) is 86.7 Å². The van der Waals surface area contributed by atoms with E-state index < -0.39 is 16.0 Å². The van der Waals surface area contributed by atoms with Gasteiger partial charge in [-0.2, -0.15) is 0 Å². The van der Waals surface area contributed by atoms with E-state index in [9.17, 15) is 18.3 Å². The fourth-order valence-electron chi connectivity index (χ4n) is 3.62. The van der Waals surface area contributed by atoms with Crippen LogP contribution in [0.2, 0.25) is 5.02 Å². The molecule has 3 rings (SSSR count). The molecule has 1 aliphatic heterocycles. The minimum absolute atomic E-state index is 0.0646. The first-order valence-corrected chi connectivity index (χ1v) is 11.6. The number of rotatable bonds is 5. The van der Waals surface area contributed by atoms with Gasteiger partial charge in [-0.1, -0.05) is 36.9 Å². The zero-order valence-electron chi connectivity index (χ0n) is 16.3. The molecule has 6 nitrogen and oxygen atoms in total. The van der Waals surface area contributed by atoms with Crippen LogP contribution in [-0.4, -0.2) is 32.6 Å². The molecule has 0 atom stereocenters. The largest absolute Gasteiger partial charge is 0.478 e. The average Bonchev–Trinajstić information content (AvgIpc) is 2.63. The first kappa shape index (κ1) is 21.5. The maximum Gasteiger partial charge on any atom is 0.337 e. The highest BCUT2D eigenvalue weighted by atomic mass is 35.5. The van der Waals surface area contributed by atoms with Gasteiger partial charge >= 0.3 is 5.97 Å². The van der Waals surface area contributed by atoms with Gasteiger partial charge in [-0.25, -0.2) is 13.2 Å². The Bertz CT molecular complexity index is 1000. The second kappa shape index (κ2) is 9.05. The Balaban J connectivity index is 1.92. The molecule has 1 aliphatic rings. The van der Waals surface area contributed by atoms with E-state index in [0.717, 1.165) is 38.8 Å². The van der Waals surface area contributed by atoms with E-state index >= 15 is 0 Å². The highest BCUT2D eigenvalue weighted by Crippen LogP contribution is 2.29. The maximum atomic E-state index is 12.8. The zero-order valence-corrected chi connectivity index (χ0v) is 17.9. The van der Waals surface area contributed by atoms with Gasteiger partial charge in [0, 0.05) is 23.8 Å². The molecule has 2 aromatic carbocycles. The van der Waals surface area contributed by atoms with Gasteiger partial charge in [0.05, 0.1) is 16.1 Å². The van der Waals surface area contributed by atoms with Crippen LogP contribution in [0.1, 0.15) is 48.0 Å². The summed E-state index contributed by atoms with van der Waals surface area (Å²) in [6, 6.07) is 9.34.